The Hall–Kier alpha value is -3.36. The van der Waals surface area contributed by atoms with Crippen LogP contribution in [-0.4, -0.2) is 48.3 Å². The molecular formula is C30H37FN4O3. The lowest BCUT2D eigenvalue weighted by atomic mass is 9.73. The number of carbonyl (C=O) groups excluding carboxylic acids is 2. The lowest BCUT2D eigenvalue weighted by molar-refractivity contribution is -0.130. The van der Waals surface area contributed by atoms with Crippen LogP contribution >= 0.6 is 0 Å². The third-order valence-corrected chi connectivity index (χ3v) is 7.99. The molecule has 0 spiro atoms. The summed E-state index contributed by atoms with van der Waals surface area (Å²) in [6, 6.07) is 4.46. The highest BCUT2D eigenvalue weighted by Crippen LogP contribution is 2.42. The second-order valence-corrected chi connectivity index (χ2v) is 11.6. The number of amides is 3. The summed E-state index contributed by atoms with van der Waals surface area (Å²) in [4.78, 5) is 27.8. The van der Waals surface area contributed by atoms with Crippen LogP contribution in [0, 0.1) is 34.1 Å². The third-order valence-electron chi connectivity index (χ3n) is 7.99. The number of rotatable bonds is 3. The number of likely N-dealkylation sites (tertiary alicyclic amines) is 1. The van der Waals surface area contributed by atoms with Crippen LogP contribution in [0.25, 0.3) is 0 Å². The van der Waals surface area contributed by atoms with Crippen molar-refractivity contribution in [3.63, 3.8) is 0 Å². The van der Waals surface area contributed by atoms with Gasteiger partial charge in [0.25, 0.3) is 0 Å². The molecule has 8 heteroatoms. The number of nitrogens with zero attached hydrogens (tertiary/aromatic N) is 2. The van der Waals surface area contributed by atoms with E-state index in [2.05, 4.69) is 28.7 Å². The zero-order chi connectivity index (χ0) is 27.6. The first-order valence-corrected chi connectivity index (χ1v) is 13.4. The molecule has 2 saturated heterocycles. The minimum absolute atomic E-state index is 0.132. The molecule has 202 valence electrons. The number of hydrogen-bond donors (Lipinski definition) is 2. The van der Waals surface area contributed by atoms with Crippen LogP contribution in [0.3, 0.4) is 0 Å². The molecule has 0 aromatic carbocycles. The van der Waals surface area contributed by atoms with Gasteiger partial charge in [0, 0.05) is 49.9 Å². The summed E-state index contributed by atoms with van der Waals surface area (Å²) in [7, 11) is 0. The second kappa shape index (κ2) is 10.8. The van der Waals surface area contributed by atoms with Crippen molar-refractivity contribution in [3.05, 3.63) is 46.7 Å². The Morgan fingerprint density at radius 2 is 1.97 bits per heavy atom. The van der Waals surface area contributed by atoms with E-state index < -0.39 is 22.5 Å². The van der Waals surface area contributed by atoms with E-state index in [1.165, 1.54) is 0 Å². The van der Waals surface area contributed by atoms with Crippen molar-refractivity contribution in [2.24, 2.45) is 10.8 Å². The zero-order valence-corrected chi connectivity index (χ0v) is 22.7. The number of hydrogen-bond acceptors (Lipinski definition) is 4. The van der Waals surface area contributed by atoms with Crippen LogP contribution in [0.15, 0.2) is 46.7 Å². The van der Waals surface area contributed by atoms with Gasteiger partial charge in [0.05, 0.1) is 11.5 Å². The summed E-state index contributed by atoms with van der Waals surface area (Å²) in [5, 5.41) is 14.7. The molecule has 4 aliphatic rings. The van der Waals surface area contributed by atoms with Gasteiger partial charge in [-0.05, 0) is 68.1 Å². The van der Waals surface area contributed by atoms with E-state index in [0.717, 1.165) is 18.4 Å². The first kappa shape index (κ1) is 27.7. The molecule has 7 nitrogen and oxygen atoms in total. The van der Waals surface area contributed by atoms with Gasteiger partial charge < -0.3 is 15.0 Å². The maximum atomic E-state index is 15.9. The van der Waals surface area contributed by atoms with Gasteiger partial charge in [0.15, 0.2) is 0 Å². The summed E-state index contributed by atoms with van der Waals surface area (Å²) >= 11 is 0. The van der Waals surface area contributed by atoms with Crippen molar-refractivity contribution in [1.29, 1.82) is 5.26 Å². The highest BCUT2D eigenvalue weighted by Gasteiger charge is 2.42. The lowest BCUT2D eigenvalue weighted by Crippen LogP contribution is -2.47. The van der Waals surface area contributed by atoms with Gasteiger partial charge in [0.2, 0.25) is 5.91 Å². The average Bonchev–Trinajstić information content (AvgIpc) is 3.39. The zero-order valence-electron chi connectivity index (χ0n) is 22.7. The molecule has 0 aromatic rings. The van der Waals surface area contributed by atoms with Gasteiger partial charge in [-0.25, -0.2) is 9.18 Å². The molecule has 38 heavy (non-hydrogen) atoms. The molecule has 4 rings (SSSR count). The average molecular weight is 521 g/mol. The van der Waals surface area contributed by atoms with Crippen LogP contribution in [0.2, 0.25) is 0 Å². The fourth-order valence-electron chi connectivity index (χ4n) is 5.50. The maximum Gasteiger partial charge on any atom is 0.330 e. The molecule has 0 radical (unpaired) electrons. The Kier molecular flexibility index (Phi) is 7.85. The van der Waals surface area contributed by atoms with E-state index in [1.807, 2.05) is 33.8 Å². The highest BCUT2D eigenvalue weighted by molar-refractivity contribution is 5.96. The Morgan fingerprint density at radius 1 is 1.24 bits per heavy atom. The van der Waals surface area contributed by atoms with Gasteiger partial charge in [0.1, 0.15) is 11.8 Å². The van der Waals surface area contributed by atoms with Gasteiger partial charge in [-0.1, -0.05) is 32.1 Å². The first-order valence-electron chi connectivity index (χ1n) is 13.4. The number of alkyl halides is 1. The number of carbonyl (C=O) groups is 2. The lowest BCUT2D eigenvalue weighted by Gasteiger charge is -2.41. The molecule has 2 N–H and O–H groups in total. The van der Waals surface area contributed by atoms with E-state index in [0.29, 0.717) is 49.4 Å². The summed E-state index contributed by atoms with van der Waals surface area (Å²) in [5.41, 5.74) is 0.218. The fourth-order valence-corrected chi connectivity index (χ4v) is 5.50. The number of nitrogens with one attached hydrogen (secondary N) is 2. The van der Waals surface area contributed by atoms with E-state index in [9.17, 15) is 14.9 Å². The number of allylic oxidation sites excluding steroid dienone is 6. The van der Waals surface area contributed by atoms with Crippen molar-refractivity contribution in [3.8, 4) is 18.0 Å². The Balaban J connectivity index is 1.40. The Morgan fingerprint density at radius 3 is 2.58 bits per heavy atom. The predicted molar refractivity (Wildman–Crippen MR) is 143 cm³/mol. The standard InChI is InChI=1S/C30H37FN4O3/c1-21-19-28(2,3)24(18-25(21)34-27(37)33-14-9-23-6-5-17-38-23)26(36)35-15-12-30(31,13-16-35)22-7-10-29(4,20-32)11-8-22/h7-8,10,18,23H,5-6,11-13,15-17,19H2,1-4H3,(H2,33,34,37)/t23-,29?/m1/s1. The van der Waals surface area contributed by atoms with Crippen LogP contribution in [0.5, 0.6) is 0 Å². The third kappa shape index (κ3) is 6.03. The molecule has 3 amide bonds. The monoisotopic (exact) mass is 520 g/mol. The predicted octanol–water partition coefficient (Wildman–Crippen LogP) is 4.80. The van der Waals surface area contributed by atoms with E-state index >= 15 is 4.39 Å². The number of ether oxygens (including phenoxy) is 1. The topological polar surface area (TPSA) is 94.5 Å². The van der Waals surface area contributed by atoms with Crippen LogP contribution in [0.1, 0.15) is 66.2 Å². The van der Waals surface area contributed by atoms with Gasteiger partial charge >= 0.3 is 6.03 Å². The SMILES string of the molecule is CC1=C(NC(=O)NC#C[C@H]2CCCO2)C=C(C(=O)N2CCC(F)(C3=CCC(C)(C#N)C=C3)CC2)C(C)(C)C1. The summed E-state index contributed by atoms with van der Waals surface area (Å²) < 4.78 is 21.3. The number of piperidine rings is 1. The van der Waals surface area contributed by atoms with Crippen molar-refractivity contribution >= 4 is 11.9 Å². The van der Waals surface area contributed by atoms with Crippen molar-refractivity contribution in [2.45, 2.75) is 78.0 Å². The molecule has 2 fully saturated rings. The Bertz CT molecular complexity index is 1210. The van der Waals surface area contributed by atoms with E-state index in [4.69, 9.17) is 4.74 Å². The molecule has 2 aliphatic carbocycles. The highest BCUT2D eigenvalue weighted by atomic mass is 19.1. The fraction of sp³-hybridized carbons (Fsp3) is 0.567. The maximum absolute atomic E-state index is 15.9. The molecule has 1 unspecified atom stereocenters. The molecule has 0 aromatic heterocycles. The molecule has 2 heterocycles. The Labute approximate surface area is 224 Å². The van der Waals surface area contributed by atoms with Crippen molar-refractivity contribution < 1.29 is 18.7 Å². The first-order chi connectivity index (χ1) is 17.9. The summed E-state index contributed by atoms with van der Waals surface area (Å²) in [6.07, 6.45) is 10.3. The summed E-state index contributed by atoms with van der Waals surface area (Å²) in [5.74, 6) is 2.76. The van der Waals surface area contributed by atoms with Gasteiger partial charge in [-0.15, -0.1) is 0 Å². The molecule has 0 saturated carbocycles. The van der Waals surface area contributed by atoms with Crippen LogP contribution in [0.4, 0.5) is 9.18 Å². The van der Waals surface area contributed by atoms with Crippen LogP contribution in [-0.2, 0) is 9.53 Å². The molecule has 0 bridgehead atoms. The number of urea groups is 1. The quantitative estimate of drug-likeness (QED) is 0.413. The number of halogens is 1. The largest absolute Gasteiger partial charge is 0.365 e. The number of nitriles is 1. The van der Waals surface area contributed by atoms with E-state index in [1.54, 1.807) is 23.1 Å². The normalized spacial score (nSPS) is 27.9. The van der Waals surface area contributed by atoms with Gasteiger partial charge in [-0.3, -0.25) is 10.1 Å². The van der Waals surface area contributed by atoms with Crippen LogP contribution < -0.4 is 10.6 Å². The van der Waals surface area contributed by atoms with Crippen molar-refractivity contribution in [2.75, 3.05) is 19.7 Å². The van der Waals surface area contributed by atoms with Gasteiger partial charge in [-0.2, -0.15) is 5.26 Å². The molecule has 2 aliphatic heterocycles. The minimum atomic E-state index is -1.51. The van der Waals surface area contributed by atoms with E-state index in [-0.39, 0.29) is 24.9 Å². The molecular weight excluding hydrogens is 483 g/mol. The minimum Gasteiger partial charge on any atom is -0.365 e. The van der Waals surface area contributed by atoms with Crippen molar-refractivity contribution in [1.82, 2.24) is 15.5 Å². The molecule has 2 atom stereocenters. The summed E-state index contributed by atoms with van der Waals surface area (Å²) in [6.45, 7) is 9.09. The second-order valence-electron chi connectivity index (χ2n) is 11.6. The smallest absolute Gasteiger partial charge is 0.330 e.